The highest BCUT2D eigenvalue weighted by Gasteiger charge is 2.25. The van der Waals surface area contributed by atoms with Gasteiger partial charge in [0.25, 0.3) is 0 Å². The molecule has 0 spiro atoms. The van der Waals surface area contributed by atoms with E-state index in [0.717, 1.165) is 25.7 Å². The van der Waals surface area contributed by atoms with Crippen molar-refractivity contribution in [3.63, 3.8) is 0 Å². The number of carbonyl (C=O) groups excluding carboxylic acids is 1. The van der Waals surface area contributed by atoms with E-state index in [9.17, 15) is 4.79 Å². The molecule has 14 heavy (non-hydrogen) atoms. The molecule has 1 fully saturated rings. The maximum Gasteiger partial charge on any atom is 0.136 e. The van der Waals surface area contributed by atoms with E-state index < -0.39 is 0 Å². The van der Waals surface area contributed by atoms with Crippen molar-refractivity contribution < 1.29 is 4.79 Å². The molecule has 0 aromatic heterocycles. The maximum atomic E-state index is 11.5. The molecule has 0 aromatic rings. The first kappa shape index (κ1) is 12.8. The van der Waals surface area contributed by atoms with Crippen molar-refractivity contribution in [1.29, 1.82) is 0 Å². The molecule has 1 nitrogen and oxygen atoms in total. The predicted octanol–water partition coefficient (Wildman–Crippen LogP) is 4.09. The first-order chi connectivity index (χ1) is 6.59. The van der Waals surface area contributed by atoms with Gasteiger partial charge in [0.2, 0.25) is 0 Å². The van der Waals surface area contributed by atoms with Crippen LogP contribution in [0.5, 0.6) is 0 Å². The van der Waals surface area contributed by atoms with Crippen molar-refractivity contribution in [2.45, 2.75) is 48.2 Å². The molecule has 1 aliphatic rings. The van der Waals surface area contributed by atoms with Gasteiger partial charge < -0.3 is 0 Å². The standard InChI is InChI=1S/C10H15BrCl2O/c11-8(6-10(12)13)5-7-3-1-2-4-9(7)14/h7-8,10H,1-6H2. The molecular formula is C10H15BrCl2O. The van der Waals surface area contributed by atoms with E-state index in [0.29, 0.717) is 12.2 Å². The molecule has 2 unspecified atom stereocenters. The Bertz CT molecular complexity index is 197. The van der Waals surface area contributed by atoms with Crippen LogP contribution in [0.3, 0.4) is 0 Å². The average Bonchev–Trinajstić information content (AvgIpc) is 2.07. The Morgan fingerprint density at radius 2 is 2.14 bits per heavy atom. The summed E-state index contributed by atoms with van der Waals surface area (Å²) in [4.78, 5) is 11.5. The van der Waals surface area contributed by atoms with Gasteiger partial charge in [-0.2, -0.15) is 0 Å². The highest BCUT2D eigenvalue weighted by Crippen LogP contribution is 2.29. The van der Waals surface area contributed by atoms with Crippen LogP contribution in [-0.4, -0.2) is 15.4 Å². The molecule has 0 bridgehead atoms. The molecule has 1 aliphatic carbocycles. The number of alkyl halides is 3. The molecule has 0 aliphatic heterocycles. The van der Waals surface area contributed by atoms with Crippen LogP contribution in [0.1, 0.15) is 38.5 Å². The summed E-state index contributed by atoms with van der Waals surface area (Å²) in [6.07, 6.45) is 5.64. The average molecular weight is 302 g/mol. The molecule has 2 atom stereocenters. The third-order valence-corrected chi connectivity index (χ3v) is 3.76. The van der Waals surface area contributed by atoms with Crippen LogP contribution >= 0.6 is 39.1 Å². The van der Waals surface area contributed by atoms with Gasteiger partial charge in [-0.15, -0.1) is 23.2 Å². The second-order valence-corrected chi connectivity index (χ2v) is 6.44. The molecule has 0 saturated heterocycles. The summed E-state index contributed by atoms with van der Waals surface area (Å²) in [6, 6.07) is 0. The van der Waals surface area contributed by atoms with Gasteiger partial charge in [-0.3, -0.25) is 4.79 Å². The summed E-state index contributed by atoms with van der Waals surface area (Å²) in [5, 5.41) is 0. The Kier molecular flexibility index (Phi) is 5.80. The van der Waals surface area contributed by atoms with E-state index in [1.54, 1.807) is 0 Å². The minimum atomic E-state index is -0.335. The number of carbonyl (C=O) groups is 1. The lowest BCUT2D eigenvalue weighted by molar-refractivity contribution is -0.124. The number of hydrogen-bond acceptors (Lipinski definition) is 1. The largest absolute Gasteiger partial charge is 0.299 e. The number of rotatable bonds is 4. The maximum absolute atomic E-state index is 11.5. The summed E-state index contributed by atoms with van der Waals surface area (Å²) < 4.78 is 0. The summed E-state index contributed by atoms with van der Waals surface area (Å²) in [5.41, 5.74) is 0. The lowest BCUT2D eigenvalue weighted by Crippen LogP contribution is -2.22. The SMILES string of the molecule is O=C1CCCCC1CC(Br)CC(Cl)Cl. The second-order valence-electron chi connectivity index (χ2n) is 3.87. The normalized spacial score (nSPS) is 25.4. The molecule has 0 N–H and O–H groups in total. The van der Waals surface area contributed by atoms with Gasteiger partial charge in [0.05, 0.1) is 0 Å². The summed E-state index contributed by atoms with van der Waals surface area (Å²) >= 11 is 14.9. The van der Waals surface area contributed by atoms with Crippen molar-refractivity contribution in [2.24, 2.45) is 5.92 Å². The van der Waals surface area contributed by atoms with E-state index in [4.69, 9.17) is 23.2 Å². The molecule has 0 amide bonds. The Morgan fingerprint density at radius 3 is 2.71 bits per heavy atom. The smallest absolute Gasteiger partial charge is 0.136 e. The van der Waals surface area contributed by atoms with E-state index in [1.807, 2.05) is 0 Å². The van der Waals surface area contributed by atoms with Crippen LogP contribution in [0.25, 0.3) is 0 Å². The summed E-state index contributed by atoms with van der Waals surface area (Å²) in [5.74, 6) is 0.654. The van der Waals surface area contributed by atoms with Gasteiger partial charge in [0.15, 0.2) is 0 Å². The number of hydrogen-bond donors (Lipinski definition) is 0. The monoisotopic (exact) mass is 300 g/mol. The quantitative estimate of drug-likeness (QED) is 0.715. The molecule has 0 heterocycles. The predicted molar refractivity (Wildman–Crippen MR) is 64.4 cm³/mol. The first-order valence-electron chi connectivity index (χ1n) is 5.04. The van der Waals surface area contributed by atoms with Crippen LogP contribution in [0.15, 0.2) is 0 Å². The molecule has 82 valence electrons. The van der Waals surface area contributed by atoms with Crippen molar-refractivity contribution in [3.05, 3.63) is 0 Å². The number of Topliss-reactive ketones (excluding diaryl/α,β-unsaturated/α-hetero) is 1. The van der Waals surface area contributed by atoms with E-state index in [-0.39, 0.29) is 15.6 Å². The van der Waals surface area contributed by atoms with E-state index in [1.165, 1.54) is 6.42 Å². The van der Waals surface area contributed by atoms with Gasteiger partial charge in [0.1, 0.15) is 10.6 Å². The number of halogens is 3. The second kappa shape index (κ2) is 6.34. The highest BCUT2D eigenvalue weighted by molar-refractivity contribution is 9.09. The summed E-state index contributed by atoms with van der Waals surface area (Å²) in [7, 11) is 0. The molecule has 4 heteroatoms. The van der Waals surface area contributed by atoms with E-state index in [2.05, 4.69) is 15.9 Å². The fourth-order valence-corrected chi connectivity index (χ4v) is 3.59. The van der Waals surface area contributed by atoms with Gasteiger partial charge in [-0.05, 0) is 25.7 Å². The minimum absolute atomic E-state index is 0.236. The molecule has 0 aromatic carbocycles. The Balaban J connectivity index is 2.30. The molecule has 0 radical (unpaired) electrons. The van der Waals surface area contributed by atoms with Crippen molar-refractivity contribution in [3.8, 4) is 0 Å². The van der Waals surface area contributed by atoms with Gasteiger partial charge in [-0.25, -0.2) is 0 Å². The summed E-state index contributed by atoms with van der Waals surface area (Å²) in [6.45, 7) is 0. The molecule has 1 rings (SSSR count). The van der Waals surface area contributed by atoms with Crippen LogP contribution in [0.2, 0.25) is 0 Å². The van der Waals surface area contributed by atoms with Gasteiger partial charge in [0, 0.05) is 17.2 Å². The Hall–Kier alpha value is 0.730. The zero-order valence-corrected chi connectivity index (χ0v) is 11.1. The van der Waals surface area contributed by atoms with Gasteiger partial charge in [-0.1, -0.05) is 22.4 Å². The lowest BCUT2D eigenvalue weighted by atomic mass is 9.84. The fraction of sp³-hybridized carbons (Fsp3) is 0.900. The Labute approximate surface area is 104 Å². The third-order valence-electron chi connectivity index (χ3n) is 2.66. The lowest BCUT2D eigenvalue weighted by Gasteiger charge is -2.22. The molecular weight excluding hydrogens is 287 g/mol. The highest BCUT2D eigenvalue weighted by atomic mass is 79.9. The first-order valence-corrected chi connectivity index (χ1v) is 6.83. The molecule has 1 saturated carbocycles. The van der Waals surface area contributed by atoms with Crippen LogP contribution in [0.4, 0.5) is 0 Å². The minimum Gasteiger partial charge on any atom is -0.299 e. The van der Waals surface area contributed by atoms with Crippen LogP contribution < -0.4 is 0 Å². The number of ketones is 1. The fourth-order valence-electron chi connectivity index (χ4n) is 1.90. The van der Waals surface area contributed by atoms with Crippen molar-refractivity contribution in [1.82, 2.24) is 0 Å². The third kappa shape index (κ3) is 4.50. The van der Waals surface area contributed by atoms with Gasteiger partial charge >= 0.3 is 0 Å². The van der Waals surface area contributed by atoms with Crippen LogP contribution in [0, 0.1) is 5.92 Å². The Morgan fingerprint density at radius 1 is 1.43 bits per heavy atom. The van der Waals surface area contributed by atoms with Crippen molar-refractivity contribution in [2.75, 3.05) is 0 Å². The topological polar surface area (TPSA) is 17.1 Å². The zero-order valence-electron chi connectivity index (χ0n) is 8.02. The van der Waals surface area contributed by atoms with Crippen LogP contribution in [-0.2, 0) is 4.79 Å². The van der Waals surface area contributed by atoms with Crippen molar-refractivity contribution >= 4 is 44.9 Å². The zero-order chi connectivity index (χ0) is 10.6. The van der Waals surface area contributed by atoms with E-state index >= 15 is 0 Å².